The van der Waals surface area contributed by atoms with E-state index in [1.165, 1.54) is 18.6 Å². The summed E-state index contributed by atoms with van der Waals surface area (Å²) in [6.07, 6.45) is 0.103. The minimum absolute atomic E-state index is 0.00247. The first-order valence-electron chi connectivity index (χ1n) is 6.84. The Hall–Kier alpha value is -2.38. The smallest absolute Gasteiger partial charge is 0.353 e. The van der Waals surface area contributed by atoms with Crippen molar-refractivity contribution < 1.29 is 13.2 Å². The number of aromatic nitrogens is 3. The van der Waals surface area contributed by atoms with Crippen molar-refractivity contribution in [2.75, 3.05) is 36.0 Å². The molecule has 0 spiro atoms. The van der Waals surface area contributed by atoms with Crippen molar-refractivity contribution in [1.82, 2.24) is 15.0 Å². The van der Waals surface area contributed by atoms with Crippen LogP contribution in [0.25, 0.3) is 0 Å². The van der Waals surface area contributed by atoms with Gasteiger partial charge in [0.2, 0.25) is 0 Å². The van der Waals surface area contributed by atoms with Crippen LogP contribution in [0.5, 0.6) is 0 Å². The van der Waals surface area contributed by atoms with Crippen molar-refractivity contribution in [2.24, 2.45) is 0 Å². The maximum absolute atomic E-state index is 13.1. The lowest BCUT2D eigenvalue weighted by atomic mass is 10.2. The average molecular weight is 309 g/mol. The van der Waals surface area contributed by atoms with Gasteiger partial charge in [-0.1, -0.05) is 0 Å². The number of piperazine rings is 1. The summed E-state index contributed by atoms with van der Waals surface area (Å²) in [7, 11) is 0. The summed E-state index contributed by atoms with van der Waals surface area (Å²) in [4.78, 5) is 15.6. The molecule has 1 aliphatic rings. The summed E-state index contributed by atoms with van der Waals surface area (Å²) in [6.45, 7) is 2.10. The van der Waals surface area contributed by atoms with Crippen LogP contribution in [-0.2, 0) is 6.18 Å². The van der Waals surface area contributed by atoms with E-state index in [1.807, 2.05) is 4.90 Å². The molecule has 0 radical (unpaired) electrons. The molecule has 0 aromatic carbocycles. The number of rotatable bonds is 2. The van der Waals surface area contributed by atoms with E-state index < -0.39 is 11.7 Å². The van der Waals surface area contributed by atoms with Gasteiger partial charge >= 0.3 is 6.18 Å². The van der Waals surface area contributed by atoms with Crippen molar-refractivity contribution >= 4 is 11.6 Å². The average Bonchev–Trinajstić information content (AvgIpc) is 2.55. The highest BCUT2D eigenvalue weighted by Gasteiger charge is 2.36. The zero-order valence-corrected chi connectivity index (χ0v) is 11.7. The van der Waals surface area contributed by atoms with Crippen LogP contribution in [0.2, 0.25) is 0 Å². The van der Waals surface area contributed by atoms with E-state index in [1.54, 1.807) is 17.2 Å². The quantitative estimate of drug-likeness (QED) is 0.851. The normalized spacial score (nSPS) is 16.0. The molecular weight excluding hydrogens is 295 g/mol. The van der Waals surface area contributed by atoms with E-state index >= 15 is 0 Å². The van der Waals surface area contributed by atoms with Gasteiger partial charge in [0, 0.05) is 38.6 Å². The highest BCUT2D eigenvalue weighted by atomic mass is 19.4. The zero-order valence-electron chi connectivity index (χ0n) is 11.7. The molecule has 1 fully saturated rings. The van der Waals surface area contributed by atoms with Crippen LogP contribution in [-0.4, -0.2) is 41.1 Å². The van der Waals surface area contributed by atoms with Gasteiger partial charge in [-0.3, -0.25) is 0 Å². The van der Waals surface area contributed by atoms with Crippen LogP contribution < -0.4 is 9.80 Å². The first-order chi connectivity index (χ1) is 10.6. The molecule has 3 rings (SSSR count). The minimum atomic E-state index is -4.40. The molecule has 2 aromatic rings. The maximum atomic E-state index is 13.1. The first kappa shape index (κ1) is 14.6. The Kier molecular flexibility index (Phi) is 3.82. The van der Waals surface area contributed by atoms with E-state index in [4.69, 9.17) is 0 Å². The van der Waals surface area contributed by atoms with Gasteiger partial charge in [0.05, 0.1) is 5.56 Å². The molecule has 8 heteroatoms. The zero-order chi connectivity index (χ0) is 15.6. The van der Waals surface area contributed by atoms with Crippen LogP contribution in [0, 0.1) is 0 Å². The monoisotopic (exact) mass is 309 g/mol. The molecule has 1 aliphatic heterocycles. The number of halogens is 3. The maximum Gasteiger partial charge on any atom is 0.419 e. The summed E-state index contributed by atoms with van der Waals surface area (Å²) in [6, 6.07) is 4.17. The SMILES string of the molecule is FC(F)(F)c1cccnc1N1CCN(c2ccncn2)CC1. The van der Waals surface area contributed by atoms with Crippen molar-refractivity contribution in [3.8, 4) is 0 Å². The predicted molar refractivity (Wildman–Crippen MR) is 75.7 cm³/mol. The van der Waals surface area contributed by atoms with Crippen molar-refractivity contribution in [3.63, 3.8) is 0 Å². The molecule has 0 saturated carbocycles. The standard InChI is InChI=1S/C14H14F3N5/c15-14(16,17)11-2-1-4-19-13(11)22-8-6-21(7-9-22)12-3-5-18-10-20-12/h1-5,10H,6-9H2. The molecule has 116 valence electrons. The largest absolute Gasteiger partial charge is 0.419 e. The first-order valence-corrected chi connectivity index (χ1v) is 6.84. The van der Waals surface area contributed by atoms with Gasteiger partial charge in [-0.05, 0) is 18.2 Å². The van der Waals surface area contributed by atoms with E-state index in [0.717, 1.165) is 11.9 Å². The Morgan fingerprint density at radius 2 is 1.64 bits per heavy atom. The molecule has 0 amide bonds. The third kappa shape index (κ3) is 2.95. The van der Waals surface area contributed by atoms with Gasteiger partial charge in [0.1, 0.15) is 18.0 Å². The molecule has 0 N–H and O–H groups in total. The lowest BCUT2D eigenvalue weighted by Crippen LogP contribution is -2.47. The number of hydrogen-bond acceptors (Lipinski definition) is 5. The number of nitrogens with zero attached hydrogens (tertiary/aromatic N) is 5. The summed E-state index contributed by atoms with van der Waals surface area (Å²) in [5, 5.41) is 0. The van der Waals surface area contributed by atoms with Gasteiger partial charge in [-0.25, -0.2) is 15.0 Å². The van der Waals surface area contributed by atoms with Crippen molar-refractivity contribution in [1.29, 1.82) is 0 Å². The van der Waals surface area contributed by atoms with Crippen molar-refractivity contribution in [2.45, 2.75) is 6.18 Å². The second-order valence-corrected chi connectivity index (χ2v) is 4.91. The molecule has 2 aromatic heterocycles. The number of anilines is 2. The third-order valence-electron chi connectivity index (χ3n) is 3.56. The van der Waals surface area contributed by atoms with Crippen molar-refractivity contribution in [3.05, 3.63) is 42.5 Å². The fraction of sp³-hybridized carbons (Fsp3) is 0.357. The Bertz CT molecular complexity index is 624. The van der Waals surface area contributed by atoms with Crippen LogP contribution in [0.3, 0.4) is 0 Å². The number of pyridine rings is 1. The highest BCUT2D eigenvalue weighted by molar-refractivity contribution is 5.50. The second-order valence-electron chi connectivity index (χ2n) is 4.91. The van der Waals surface area contributed by atoms with E-state index in [-0.39, 0.29) is 5.82 Å². The molecule has 5 nitrogen and oxygen atoms in total. The topological polar surface area (TPSA) is 45.2 Å². The van der Waals surface area contributed by atoms with Crippen LogP contribution >= 0.6 is 0 Å². The summed E-state index contributed by atoms with van der Waals surface area (Å²) >= 11 is 0. The van der Waals surface area contributed by atoms with Crippen LogP contribution in [0.4, 0.5) is 24.8 Å². The molecule has 0 unspecified atom stereocenters. The third-order valence-corrected chi connectivity index (χ3v) is 3.56. The molecule has 0 aliphatic carbocycles. The Morgan fingerprint density at radius 1 is 0.909 bits per heavy atom. The molecular formula is C14H14F3N5. The molecule has 0 atom stereocenters. The fourth-order valence-corrected chi connectivity index (χ4v) is 2.49. The fourth-order valence-electron chi connectivity index (χ4n) is 2.49. The minimum Gasteiger partial charge on any atom is -0.353 e. The van der Waals surface area contributed by atoms with Crippen LogP contribution in [0.15, 0.2) is 36.9 Å². The summed E-state index contributed by atoms with van der Waals surface area (Å²) in [5.41, 5.74) is -0.689. The number of alkyl halides is 3. The molecule has 22 heavy (non-hydrogen) atoms. The molecule has 1 saturated heterocycles. The van der Waals surface area contributed by atoms with E-state index in [0.29, 0.717) is 26.2 Å². The summed E-state index contributed by atoms with van der Waals surface area (Å²) in [5.74, 6) is 0.782. The van der Waals surface area contributed by atoms with E-state index in [9.17, 15) is 13.2 Å². The van der Waals surface area contributed by atoms with Gasteiger partial charge in [-0.2, -0.15) is 13.2 Å². The van der Waals surface area contributed by atoms with Gasteiger partial charge < -0.3 is 9.80 Å². The Morgan fingerprint density at radius 3 is 2.27 bits per heavy atom. The second kappa shape index (κ2) is 5.78. The van der Waals surface area contributed by atoms with Gasteiger partial charge in [0.25, 0.3) is 0 Å². The van der Waals surface area contributed by atoms with Gasteiger partial charge in [-0.15, -0.1) is 0 Å². The van der Waals surface area contributed by atoms with Crippen LogP contribution in [0.1, 0.15) is 5.56 Å². The predicted octanol–water partition coefficient (Wildman–Crippen LogP) is 2.22. The lowest BCUT2D eigenvalue weighted by Gasteiger charge is -2.36. The molecule has 0 bridgehead atoms. The number of hydrogen-bond donors (Lipinski definition) is 0. The summed E-state index contributed by atoms with van der Waals surface area (Å²) < 4.78 is 39.2. The lowest BCUT2D eigenvalue weighted by molar-refractivity contribution is -0.137. The Labute approximate surface area is 125 Å². The highest BCUT2D eigenvalue weighted by Crippen LogP contribution is 2.35. The molecule has 3 heterocycles. The Balaban J connectivity index is 1.75. The van der Waals surface area contributed by atoms with Gasteiger partial charge in [0.15, 0.2) is 0 Å². The van der Waals surface area contributed by atoms with E-state index in [2.05, 4.69) is 15.0 Å².